The zero-order valence-corrected chi connectivity index (χ0v) is 13.5. The summed E-state index contributed by atoms with van der Waals surface area (Å²) in [4.78, 5) is 0. The average molecular weight is 349 g/mol. The molecule has 110 valence electrons. The van der Waals surface area contributed by atoms with E-state index in [0.29, 0.717) is 0 Å². The van der Waals surface area contributed by atoms with E-state index in [1.807, 2.05) is 53.8 Å². The zero-order chi connectivity index (χ0) is 15.0. The van der Waals surface area contributed by atoms with Gasteiger partial charge < -0.3 is 0 Å². The van der Waals surface area contributed by atoms with Gasteiger partial charge in [-0.1, -0.05) is 6.07 Å². The minimum Gasteiger partial charge on any atom is -0.271 e. The lowest BCUT2D eigenvalue weighted by atomic mass is 10.0. The first-order chi connectivity index (χ1) is 10.1. The number of nitrogens with two attached hydrogens (primary N) is 1. The van der Waals surface area contributed by atoms with Crippen LogP contribution in [0, 0.1) is 6.92 Å². The normalized spacial score (nSPS) is 13.0. The molecule has 0 aliphatic heterocycles. The van der Waals surface area contributed by atoms with Crippen LogP contribution in [0.5, 0.6) is 0 Å². The minimum absolute atomic E-state index is 0.0315. The van der Waals surface area contributed by atoms with Gasteiger partial charge in [0, 0.05) is 25.2 Å². The highest BCUT2D eigenvalue weighted by Gasteiger charge is 2.20. The molecule has 1 unspecified atom stereocenters. The number of hydrogen-bond donors (Lipinski definition) is 2. The molecule has 0 bridgehead atoms. The van der Waals surface area contributed by atoms with E-state index >= 15 is 0 Å². The number of hydrogen-bond acceptors (Lipinski definition) is 4. The predicted octanol–water partition coefficient (Wildman–Crippen LogP) is 1.89. The highest BCUT2D eigenvalue weighted by Crippen LogP contribution is 2.27. The Balaban J connectivity index is 1.99. The van der Waals surface area contributed by atoms with Gasteiger partial charge in [0.05, 0.1) is 33.6 Å². The molecule has 3 heterocycles. The van der Waals surface area contributed by atoms with Gasteiger partial charge in [0.25, 0.3) is 0 Å². The number of aromatic nitrogens is 4. The maximum atomic E-state index is 5.78. The summed E-state index contributed by atoms with van der Waals surface area (Å²) in [6.45, 7) is 1.98. The molecule has 0 aromatic carbocycles. The molecular formula is C14H17BrN6. The van der Waals surface area contributed by atoms with Crippen molar-refractivity contribution < 1.29 is 0 Å². The monoisotopic (exact) mass is 348 g/mol. The van der Waals surface area contributed by atoms with Crippen LogP contribution in [0.3, 0.4) is 0 Å². The standard InChI is InChI=1S/C14H17BrN6/c1-9-14(15)13(20(2)19-9)7-11(18-16)10-8-17-21-6-4-3-5-12(10)21/h3-6,8,11,18H,7,16H2,1-2H3. The molecule has 0 radical (unpaired) electrons. The Morgan fingerprint density at radius 3 is 2.90 bits per heavy atom. The number of hydrazine groups is 1. The maximum Gasteiger partial charge on any atom is 0.0738 e. The molecule has 0 fully saturated rings. The summed E-state index contributed by atoms with van der Waals surface area (Å²) in [5.74, 6) is 5.78. The molecule has 0 saturated heterocycles. The molecule has 3 rings (SSSR count). The van der Waals surface area contributed by atoms with Gasteiger partial charge in [-0.05, 0) is 35.0 Å². The van der Waals surface area contributed by atoms with Crippen LogP contribution in [0.25, 0.3) is 5.52 Å². The van der Waals surface area contributed by atoms with Crippen molar-refractivity contribution in [3.05, 3.63) is 52.0 Å². The maximum absolute atomic E-state index is 5.78. The van der Waals surface area contributed by atoms with Crippen LogP contribution in [0.4, 0.5) is 0 Å². The van der Waals surface area contributed by atoms with Crippen LogP contribution in [-0.4, -0.2) is 19.4 Å². The second-order valence-corrected chi connectivity index (χ2v) is 5.82. The summed E-state index contributed by atoms with van der Waals surface area (Å²) in [7, 11) is 1.94. The van der Waals surface area contributed by atoms with E-state index in [1.165, 1.54) is 0 Å². The summed E-state index contributed by atoms with van der Waals surface area (Å²) in [6, 6.07) is 5.96. The highest BCUT2D eigenvalue weighted by atomic mass is 79.9. The molecule has 3 N–H and O–H groups in total. The minimum atomic E-state index is -0.0315. The van der Waals surface area contributed by atoms with Crippen molar-refractivity contribution in [3.8, 4) is 0 Å². The Bertz CT molecular complexity index is 775. The first kappa shape index (κ1) is 14.2. The van der Waals surface area contributed by atoms with Crippen molar-refractivity contribution in [2.24, 2.45) is 12.9 Å². The molecule has 0 saturated carbocycles. The smallest absolute Gasteiger partial charge is 0.0738 e. The number of rotatable bonds is 4. The molecule has 1 atom stereocenters. The number of fused-ring (bicyclic) bond motifs is 1. The Hall–Kier alpha value is -1.70. The van der Waals surface area contributed by atoms with Gasteiger partial charge in [0.15, 0.2) is 0 Å². The van der Waals surface area contributed by atoms with Crippen molar-refractivity contribution in [2.45, 2.75) is 19.4 Å². The molecule has 6 nitrogen and oxygen atoms in total. The van der Waals surface area contributed by atoms with Crippen molar-refractivity contribution >= 4 is 21.4 Å². The van der Waals surface area contributed by atoms with Gasteiger partial charge in [0.2, 0.25) is 0 Å². The highest BCUT2D eigenvalue weighted by molar-refractivity contribution is 9.10. The Morgan fingerprint density at radius 2 is 2.24 bits per heavy atom. The van der Waals surface area contributed by atoms with Crippen molar-refractivity contribution in [3.63, 3.8) is 0 Å². The van der Waals surface area contributed by atoms with Crippen molar-refractivity contribution in [1.82, 2.24) is 24.8 Å². The third kappa shape index (κ3) is 2.48. The Kier molecular flexibility index (Phi) is 3.79. The van der Waals surface area contributed by atoms with E-state index in [1.54, 1.807) is 0 Å². The van der Waals surface area contributed by atoms with Crippen LogP contribution in [0.2, 0.25) is 0 Å². The summed E-state index contributed by atoms with van der Waals surface area (Å²) < 4.78 is 4.76. The third-order valence-electron chi connectivity index (χ3n) is 3.69. The fourth-order valence-corrected chi connectivity index (χ4v) is 3.07. The van der Waals surface area contributed by atoms with E-state index in [0.717, 1.165) is 33.4 Å². The van der Waals surface area contributed by atoms with E-state index < -0.39 is 0 Å². The van der Waals surface area contributed by atoms with Crippen LogP contribution in [0.1, 0.15) is 23.0 Å². The van der Waals surface area contributed by atoms with Crippen LogP contribution >= 0.6 is 15.9 Å². The number of halogens is 1. The molecule has 0 aliphatic carbocycles. The molecular weight excluding hydrogens is 332 g/mol. The Morgan fingerprint density at radius 1 is 1.43 bits per heavy atom. The second kappa shape index (κ2) is 5.59. The summed E-state index contributed by atoms with van der Waals surface area (Å²) in [5, 5.41) is 8.79. The number of nitrogens with one attached hydrogen (secondary N) is 1. The lowest BCUT2D eigenvalue weighted by Gasteiger charge is -2.15. The number of aryl methyl sites for hydroxylation is 2. The van der Waals surface area contributed by atoms with Crippen molar-refractivity contribution in [1.29, 1.82) is 0 Å². The lowest BCUT2D eigenvalue weighted by molar-refractivity contribution is 0.532. The quantitative estimate of drug-likeness (QED) is 0.557. The summed E-state index contributed by atoms with van der Waals surface area (Å²) in [5.41, 5.74) is 7.10. The third-order valence-corrected chi connectivity index (χ3v) is 4.72. The van der Waals surface area contributed by atoms with Gasteiger partial charge in [-0.15, -0.1) is 0 Å². The second-order valence-electron chi connectivity index (χ2n) is 5.02. The van der Waals surface area contributed by atoms with E-state index in [4.69, 9.17) is 5.84 Å². The number of nitrogens with zero attached hydrogens (tertiary/aromatic N) is 4. The van der Waals surface area contributed by atoms with E-state index in [2.05, 4.69) is 31.6 Å². The largest absolute Gasteiger partial charge is 0.271 e. The molecule has 0 spiro atoms. The average Bonchev–Trinajstić information content (AvgIpc) is 3.00. The van der Waals surface area contributed by atoms with Gasteiger partial charge in [-0.3, -0.25) is 16.0 Å². The molecule has 21 heavy (non-hydrogen) atoms. The van der Waals surface area contributed by atoms with Gasteiger partial charge in [-0.2, -0.15) is 10.2 Å². The fraction of sp³-hybridized carbons (Fsp3) is 0.286. The van der Waals surface area contributed by atoms with Crippen LogP contribution in [0.15, 0.2) is 35.1 Å². The van der Waals surface area contributed by atoms with Gasteiger partial charge >= 0.3 is 0 Å². The van der Waals surface area contributed by atoms with E-state index in [-0.39, 0.29) is 6.04 Å². The topological polar surface area (TPSA) is 73.2 Å². The lowest BCUT2D eigenvalue weighted by Crippen LogP contribution is -2.30. The number of pyridine rings is 1. The first-order valence-corrected chi connectivity index (χ1v) is 7.47. The summed E-state index contributed by atoms with van der Waals surface area (Å²) in [6.07, 6.45) is 4.51. The zero-order valence-electron chi connectivity index (χ0n) is 11.9. The fourth-order valence-electron chi connectivity index (χ4n) is 2.58. The predicted molar refractivity (Wildman–Crippen MR) is 84.6 cm³/mol. The molecule has 7 heteroatoms. The van der Waals surface area contributed by atoms with Gasteiger partial charge in [0.1, 0.15) is 0 Å². The molecule has 0 aliphatic rings. The first-order valence-electron chi connectivity index (χ1n) is 6.68. The SMILES string of the molecule is Cc1nn(C)c(CC(NN)c2cnn3ccccc23)c1Br. The molecule has 3 aromatic heterocycles. The molecule has 0 amide bonds. The van der Waals surface area contributed by atoms with Crippen LogP contribution < -0.4 is 11.3 Å². The van der Waals surface area contributed by atoms with Crippen LogP contribution in [-0.2, 0) is 13.5 Å². The van der Waals surface area contributed by atoms with Crippen molar-refractivity contribution in [2.75, 3.05) is 0 Å². The van der Waals surface area contributed by atoms with Gasteiger partial charge in [-0.25, -0.2) is 4.52 Å². The summed E-state index contributed by atoms with van der Waals surface area (Å²) >= 11 is 3.60. The Labute approximate surface area is 131 Å². The van der Waals surface area contributed by atoms with E-state index in [9.17, 15) is 0 Å². The molecule has 3 aromatic rings.